The third-order valence-corrected chi connectivity index (χ3v) is 3.94. The normalized spacial score (nSPS) is 18.5. The number of aryl methyl sites for hydroxylation is 1. The Bertz CT molecular complexity index is 354. The minimum Gasteiger partial charge on any atom is -0.357 e. The van der Waals surface area contributed by atoms with E-state index in [0.29, 0.717) is 5.41 Å². The maximum Gasteiger partial charge on any atom is 0.128 e. The molecule has 0 amide bonds. The van der Waals surface area contributed by atoms with Gasteiger partial charge in [0, 0.05) is 19.3 Å². The Kier molecular flexibility index (Phi) is 3.41. The summed E-state index contributed by atoms with van der Waals surface area (Å²) in [6, 6.07) is 4.30. The van der Waals surface area contributed by atoms with E-state index in [4.69, 9.17) is 0 Å². The Balaban J connectivity index is 1.97. The average Bonchev–Trinajstić information content (AvgIpc) is 2.29. The van der Waals surface area contributed by atoms with Crippen LogP contribution in [0, 0.1) is 18.3 Å². The van der Waals surface area contributed by atoms with Crippen LogP contribution < -0.4 is 4.90 Å². The first-order chi connectivity index (χ1) is 7.97. The molecule has 0 spiro atoms. The zero-order valence-corrected chi connectivity index (χ0v) is 11.5. The van der Waals surface area contributed by atoms with Gasteiger partial charge in [0.15, 0.2) is 0 Å². The minimum absolute atomic E-state index is 0.451. The molecule has 2 heteroatoms. The Morgan fingerprint density at radius 1 is 1.18 bits per heavy atom. The van der Waals surface area contributed by atoms with Gasteiger partial charge in [0.05, 0.1) is 0 Å². The van der Waals surface area contributed by atoms with Crippen molar-refractivity contribution in [1.29, 1.82) is 0 Å². The molecule has 1 fully saturated rings. The number of piperidine rings is 1. The second-order valence-electron chi connectivity index (χ2n) is 6.32. The van der Waals surface area contributed by atoms with Gasteiger partial charge < -0.3 is 4.90 Å². The lowest BCUT2D eigenvalue weighted by atomic mass is 9.75. The van der Waals surface area contributed by atoms with Gasteiger partial charge in [0.2, 0.25) is 0 Å². The van der Waals surface area contributed by atoms with Crippen molar-refractivity contribution in [2.45, 2.75) is 40.5 Å². The molecular weight excluding hydrogens is 208 g/mol. The van der Waals surface area contributed by atoms with Gasteiger partial charge in [-0.3, -0.25) is 0 Å². The summed E-state index contributed by atoms with van der Waals surface area (Å²) < 4.78 is 0. The second-order valence-corrected chi connectivity index (χ2v) is 6.32. The van der Waals surface area contributed by atoms with E-state index in [1.807, 2.05) is 6.20 Å². The van der Waals surface area contributed by atoms with Crippen LogP contribution >= 0.6 is 0 Å². The number of rotatable bonds is 1. The van der Waals surface area contributed by atoms with E-state index in [-0.39, 0.29) is 0 Å². The van der Waals surface area contributed by atoms with E-state index in [2.05, 4.69) is 49.7 Å². The summed E-state index contributed by atoms with van der Waals surface area (Å²) >= 11 is 0. The van der Waals surface area contributed by atoms with Crippen molar-refractivity contribution in [2.24, 2.45) is 11.3 Å². The molecule has 2 rings (SSSR count). The molecule has 1 aromatic rings. The molecule has 0 saturated carbocycles. The average molecular weight is 232 g/mol. The lowest BCUT2D eigenvalue weighted by Gasteiger charge is -2.39. The van der Waals surface area contributed by atoms with Crippen LogP contribution in [0.5, 0.6) is 0 Å². The van der Waals surface area contributed by atoms with Crippen molar-refractivity contribution < 1.29 is 0 Å². The maximum atomic E-state index is 4.52. The fourth-order valence-corrected chi connectivity index (χ4v) is 2.62. The summed E-state index contributed by atoms with van der Waals surface area (Å²) in [5.41, 5.74) is 1.69. The van der Waals surface area contributed by atoms with Crippen LogP contribution in [0.2, 0.25) is 0 Å². The molecule has 94 valence electrons. The largest absolute Gasteiger partial charge is 0.357 e. The molecule has 0 N–H and O–H groups in total. The molecule has 0 unspecified atom stereocenters. The zero-order chi connectivity index (χ0) is 12.5. The molecule has 1 aliphatic heterocycles. The third-order valence-electron chi connectivity index (χ3n) is 3.94. The highest BCUT2D eigenvalue weighted by molar-refractivity contribution is 5.39. The summed E-state index contributed by atoms with van der Waals surface area (Å²) in [7, 11) is 0. The SMILES string of the molecule is Cc1ccc(N2CCC(C(C)(C)C)CC2)nc1. The predicted molar refractivity (Wildman–Crippen MR) is 73.4 cm³/mol. The number of anilines is 1. The van der Waals surface area contributed by atoms with Gasteiger partial charge in [-0.15, -0.1) is 0 Å². The molecule has 1 aromatic heterocycles. The number of aromatic nitrogens is 1. The molecule has 1 aliphatic rings. The quantitative estimate of drug-likeness (QED) is 0.734. The van der Waals surface area contributed by atoms with Gasteiger partial charge in [-0.2, -0.15) is 0 Å². The van der Waals surface area contributed by atoms with Crippen molar-refractivity contribution in [2.75, 3.05) is 18.0 Å². The van der Waals surface area contributed by atoms with Gasteiger partial charge in [-0.05, 0) is 42.7 Å². The first-order valence-corrected chi connectivity index (χ1v) is 6.64. The lowest BCUT2D eigenvalue weighted by molar-refractivity contribution is 0.198. The molecular formula is C15H24N2. The predicted octanol–water partition coefficient (Wildman–Crippen LogP) is 3.65. The van der Waals surface area contributed by atoms with Crippen molar-refractivity contribution in [3.63, 3.8) is 0 Å². The van der Waals surface area contributed by atoms with Crippen LogP contribution in [-0.2, 0) is 0 Å². The highest BCUT2D eigenvalue weighted by atomic mass is 15.2. The van der Waals surface area contributed by atoms with Crippen molar-refractivity contribution >= 4 is 5.82 Å². The topological polar surface area (TPSA) is 16.1 Å². The Morgan fingerprint density at radius 2 is 1.82 bits per heavy atom. The molecule has 0 radical (unpaired) electrons. The first-order valence-electron chi connectivity index (χ1n) is 6.64. The third kappa shape index (κ3) is 2.99. The van der Waals surface area contributed by atoms with E-state index < -0.39 is 0 Å². The molecule has 2 nitrogen and oxygen atoms in total. The lowest BCUT2D eigenvalue weighted by Crippen LogP contribution is -2.38. The fourth-order valence-electron chi connectivity index (χ4n) is 2.62. The fraction of sp³-hybridized carbons (Fsp3) is 0.667. The Morgan fingerprint density at radius 3 is 2.29 bits per heavy atom. The summed E-state index contributed by atoms with van der Waals surface area (Å²) in [5.74, 6) is 1.99. The summed E-state index contributed by atoms with van der Waals surface area (Å²) in [5, 5.41) is 0. The first kappa shape index (κ1) is 12.4. The molecule has 1 saturated heterocycles. The highest BCUT2D eigenvalue weighted by Crippen LogP contribution is 2.35. The molecule has 0 aliphatic carbocycles. The number of nitrogens with zero attached hydrogens (tertiary/aromatic N) is 2. The van der Waals surface area contributed by atoms with Crippen molar-refractivity contribution in [1.82, 2.24) is 4.98 Å². The van der Waals surface area contributed by atoms with Crippen LogP contribution in [0.15, 0.2) is 18.3 Å². The molecule has 0 bridgehead atoms. The van der Waals surface area contributed by atoms with Crippen LogP contribution in [0.25, 0.3) is 0 Å². The van der Waals surface area contributed by atoms with Crippen LogP contribution in [-0.4, -0.2) is 18.1 Å². The summed E-state index contributed by atoms with van der Waals surface area (Å²) in [6.07, 6.45) is 4.54. The molecule has 0 atom stereocenters. The molecule has 2 heterocycles. The standard InChI is InChI=1S/C15H24N2/c1-12-5-6-14(16-11-12)17-9-7-13(8-10-17)15(2,3)4/h5-6,11,13H,7-10H2,1-4H3. The van der Waals surface area contributed by atoms with E-state index in [9.17, 15) is 0 Å². The van der Waals surface area contributed by atoms with Gasteiger partial charge in [0.25, 0.3) is 0 Å². The van der Waals surface area contributed by atoms with Crippen molar-refractivity contribution in [3.8, 4) is 0 Å². The van der Waals surface area contributed by atoms with Gasteiger partial charge in [-0.1, -0.05) is 26.8 Å². The Hall–Kier alpha value is -1.05. The minimum atomic E-state index is 0.451. The van der Waals surface area contributed by atoms with Crippen LogP contribution in [0.1, 0.15) is 39.2 Å². The smallest absolute Gasteiger partial charge is 0.128 e. The van der Waals surface area contributed by atoms with Crippen LogP contribution in [0.4, 0.5) is 5.82 Å². The maximum absolute atomic E-state index is 4.52. The van der Waals surface area contributed by atoms with E-state index >= 15 is 0 Å². The summed E-state index contributed by atoms with van der Waals surface area (Å²) in [6.45, 7) is 11.5. The molecule has 17 heavy (non-hydrogen) atoms. The Labute approximate surface area is 105 Å². The highest BCUT2D eigenvalue weighted by Gasteiger charge is 2.28. The van der Waals surface area contributed by atoms with E-state index in [1.54, 1.807) is 0 Å². The van der Waals surface area contributed by atoms with Gasteiger partial charge >= 0.3 is 0 Å². The number of pyridine rings is 1. The van der Waals surface area contributed by atoms with E-state index in [0.717, 1.165) is 24.8 Å². The van der Waals surface area contributed by atoms with Gasteiger partial charge in [-0.25, -0.2) is 4.98 Å². The summed E-state index contributed by atoms with van der Waals surface area (Å²) in [4.78, 5) is 6.93. The number of hydrogen-bond acceptors (Lipinski definition) is 2. The van der Waals surface area contributed by atoms with Crippen LogP contribution in [0.3, 0.4) is 0 Å². The zero-order valence-electron chi connectivity index (χ0n) is 11.5. The monoisotopic (exact) mass is 232 g/mol. The second kappa shape index (κ2) is 4.67. The van der Waals surface area contributed by atoms with Crippen molar-refractivity contribution in [3.05, 3.63) is 23.9 Å². The van der Waals surface area contributed by atoms with Gasteiger partial charge in [0.1, 0.15) is 5.82 Å². The number of hydrogen-bond donors (Lipinski definition) is 0. The molecule has 0 aromatic carbocycles. The van der Waals surface area contributed by atoms with E-state index in [1.165, 1.54) is 18.4 Å².